The van der Waals surface area contributed by atoms with E-state index in [2.05, 4.69) is 33.8 Å². The number of carbonyl (C=O) groups is 1. The molecule has 2 N–H and O–H groups in total. The molecule has 21 heavy (non-hydrogen) atoms. The summed E-state index contributed by atoms with van der Waals surface area (Å²) in [5, 5.41) is 0. The van der Waals surface area contributed by atoms with Crippen LogP contribution < -0.4 is 5.73 Å². The average molecular weight is 354 g/mol. The van der Waals surface area contributed by atoms with Crippen molar-refractivity contribution in [2.24, 2.45) is 5.73 Å². The van der Waals surface area contributed by atoms with Gasteiger partial charge in [0.15, 0.2) is 0 Å². The maximum Gasteiger partial charge on any atom is 0.236 e. The van der Waals surface area contributed by atoms with Crippen molar-refractivity contribution in [1.82, 2.24) is 9.80 Å². The maximum absolute atomic E-state index is 12.2. The molecule has 5 heteroatoms. The van der Waals surface area contributed by atoms with E-state index in [0.717, 1.165) is 30.4 Å². The van der Waals surface area contributed by atoms with Crippen LogP contribution in [0.5, 0.6) is 0 Å². The number of carbonyl (C=O) groups excluding carboxylic acids is 1. The van der Waals surface area contributed by atoms with Gasteiger partial charge in [0.25, 0.3) is 0 Å². The highest BCUT2D eigenvalue weighted by Gasteiger charge is 2.30. The number of rotatable bonds is 4. The van der Waals surface area contributed by atoms with Gasteiger partial charge in [0, 0.05) is 30.7 Å². The van der Waals surface area contributed by atoms with Crippen molar-refractivity contribution in [2.45, 2.75) is 31.8 Å². The molecule has 1 heterocycles. The summed E-state index contributed by atoms with van der Waals surface area (Å²) in [5.41, 5.74) is 7.56. The molecule has 0 spiro atoms. The van der Waals surface area contributed by atoms with E-state index >= 15 is 0 Å². The lowest BCUT2D eigenvalue weighted by atomic mass is 9.96. The van der Waals surface area contributed by atoms with Crippen LogP contribution in [0.3, 0.4) is 0 Å². The molecule has 2 atom stereocenters. The minimum Gasteiger partial charge on any atom is -0.345 e. The molecular formula is C16H24BrN3O. The van der Waals surface area contributed by atoms with E-state index in [1.54, 1.807) is 0 Å². The van der Waals surface area contributed by atoms with Gasteiger partial charge in [0.1, 0.15) is 0 Å². The first kappa shape index (κ1) is 16.5. The van der Waals surface area contributed by atoms with Crippen LogP contribution in [-0.4, -0.2) is 48.4 Å². The van der Waals surface area contributed by atoms with Crippen LogP contribution >= 0.6 is 15.9 Å². The minimum absolute atomic E-state index is 0.0138. The van der Waals surface area contributed by atoms with Crippen LogP contribution in [0.25, 0.3) is 0 Å². The Kier molecular flexibility index (Phi) is 5.79. The first-order valence-corrected chi connectivity index (χ1v) is 8.32. The third-order valence-corrected chi connectivity index (χ3v) is 4.92. The zero-order valence-electron chi connectivity index (χ0n) is 12.8. The highest BCUT2D eigenvalue weighted by atomic mass is 79.9. The second-order valence-electron chi connectivity index (χ2n) is 5.68. The molecule has 0 radical (unpaired) electrons. The number of hydrogen-bond donors (Lipinski definition) is 1. The third kappa shape index (κ3) is 3.84. The summed E-state index contributed by atoms with van der Waals surface area (Å²) >= 11 is 3.63. The zero-order chi connectivity index (χ0) is 15.4. The number of hydrogen-bond acceptors (Lipinski definition) is 3. The number of nitrogens with zero attached hydrogens (tertiary/aromatic N) is 2. The van der Waals surface area contributed by atoms with Crippen molar-refractivity contribution in [1.29, 1.82) is 0 Å². The Morgan fingerprint density at radius 3 is 2.71 bits per heavy atom. The normalized spacial score (nSPS) is 20.2. The molecule has 1 amide bonds. The predicted octanol–water partition coefficient (Wildman–Crippen LogP) is 2.39. The molecule has 1 saturated heterocycles. The van der Waals surface area contributed by atoms with Gasteiger partial charge in [-0.3, -0.25) is 9.69 Å². The third-order valence-electron chi connectivity index (χ3n) is 4.20. The Hall–Kier alpha value is -0.910. The van der Waals surface area contributed by atoms with Crippen LogP contribution in [0, 0.1) is 0 Å². The zero-order valence-corrected chi connectivity index (χ0v) is 14.3. The lowest BCUT2D eigenvalue weighted by Crippen LogP contribution is -2.44. The Morgan fingerprint density at radius 1 is 1.33 bits per heavy atom. The molecule has 1 fully saturated rings. The van der Waals surface area contributed by atoms with Crippen LogP contribution in [0.4, 0.5) is 0 Å². The smallest absolute Gasteiger partial charge is 0.236 e. The molecule has 4 nitrogen and oxygen atoms in total. The molecule has 2 unspecified atom stereocenters. The van der Waals surface area contributed by atoms with E-state index in [1.807, 2.05) is 30.1 Å². The van der Waals surface area contributed by atoms with E-state index in [9.17, 15) is 4.79 Å². The van der Waals surface area contributed by atoms with Crippen molar-refractivity contribution >= 4 is 21.8 Å². The molecule has 2 rings (SSSR count). The molecule has 1 aliphatic heterocycles. The number of benzene rings is 1. The fourth-order valence-corrected chi connectivity index (χ4v) is 3.40. The highest BCUT2D eigenvalue weighted by molar-refractivity contribution is 9.10. The molecule has 116 valence electrons. The van der Waals surface area contributed by atoms with Gasteiger partial charge in [-0.2, -0.15) is 0 Å². The van der Waals surface area contributed by atoms with Crippen molar-refractivity contribution < 1.29 is 4.79 Å². The van der Waals surface area contributed by atoms with E-state index in [4.69, 9.17) is 5.73 Å². The molecular weight excluding hydrogens is 330 g/mol. The minimum atomic E-state index is 0.0138. The van der Waals surface area contributed by atoms with E-state index < -0.39 is 0 Å². The first-order valence-electron chi connectivity index (χ1n) is 7.52. The van der Waals surface area contributed by atoms with Crippen LogP contribution in [0.2, 0.25) is 0 Å². The van der Waals surface area contributed by atoms with Gasteiger partial charge in [-0.15, -0.1) is 0 Å². The van der Waals surface area contributed by atoms with Crippen LogP contribution in [0.15, 0.2) is 28.7 Å². The summed E-state index contributed by atoms with van der Waals surface area (Å²) in [6.45, 7) is 4.26. The second-order valence-corrected chi connectivity index (χ2v) is 6.53. The molecule has 0 aromatic heterocycles. The first-order chi connectivity index (χ1) is 10.0. The van der Waals surface area contributed by atoms with Crippen LogP contribution in [-0.2, 0) is 4.79 Å². The SMILES string of the molecule is CCC(N)C(c1ccccc1Br)N1CCCN(C)C(=O)C1. The summed E-state index contributed by atoms with van der Waals surface area (Å²) < 4.78 is 1.06. The van der Waals surface area contributed by atoms with Gasteiger partial charge < -0.3 is 10.6 Å². The Labute approximate surface area is 135 Å². The second kappa shape index (κ2) is 7.38. The Balaban J connectivity index is 2.32. The number of likely N-dealkylation sites (N-methyl/N-ethyl adjacent to an activating group) is 1. The summed E-state index contributed by atoms with van der Waals surface area (Å²) in [4.78, 5) is 16.2. The lowest BCUT2D eigenvalue weighted by Gasteiger charge is -2.34. The van der Waals surface area contributed by atoms with Crippen molar-refractivity contribution in [3.05, 3.63) is 34.3 Å². The molecule has 1 aromatic rings. The van der Waals surface area contributed by atoms with E-state index in [1.165, 1.54) is 5.56 Å². The standard InChI is InChI=1S/C16H24BrN3O/c1-3-14(18)16(12-7-4-5-8-13(12)17)20-10-6-9-19(2)15(21)11-20/h4-5,7-8,14,16H,3,6,9-11,18H2,1-2H3. The molecule has 1 aliphatic rings. The van der Waals surface area contributed by atoms with Gasteiger partial charge in [-0.05, 0) is 24.5 Å². The molecule has 0 aliphatic carbocycles. The topological polar surface area (TPSA) is 49.6 Å². The van der Waals surface area contributed by atoms with Crippen molar-refractivity contribution in [3.63, 3.8) is 0 Å². The summed E-state index contributed by atoms with van der Waals surface area (Å²) in [7, 11) is 1.87. The van der Waals surface area contributed by atoms with Gasteiger partial charge in [0.2, 0.25) is 5.91 Å². The highest BCUT2D eigenvalue weighted by Crippen LogP contribution is 2.31. The fraction of sp³-hybridized carbons (Fsp3) is 0.562. The number of nitrogens with two attached hydrogens (primary N) is 1. The predicted molar refractivity (Wildman–Crippen MR) is 89.0 cm³/mol. The Morgan fingerprint density at radius 2 is 2.05 bits per heavy atom. The largest absolute Gasteiger partial charge is 0.345 e. The monoisotopic (exact) mass is 353 g/mol. The average Bonchev–Trinajstić information content (AvgIpc) is 2.63. The van der Waals surface area contributed by atoms with E-state index in [0.29, 0.717) is 6.54 Å². The summed E-state index contributed by atoms with van der Waals surface area (Å²) in [5.74, 6) is 0.174. The maximum atomic E-state index is 12.2. The van der Waals surface area contributed by atoms with Crippen LogP contribution in [0.1, 0.15) is 31.4 Å². The van der Waals surface area contributed by atoms with Gasteiger partial charge in [-0.1, -0.05) is 41.1 Å². The molecule has 0 saturated carbocycles. The number of amides is 1. The van der Waals surface area contributed by atoms with Gasteiger partial charge in [0.05, 0.1) is 12.6 Å². The number of halogens is 1. The summed E-state index contributed by atoms with van der Waals surface area (Å²) in [6, 6.07) is 8.26. The lowest BCUT2D eigenvalue weighted by molar-refractivity contribution is -0.130. The van der Waals surface area contributed by atoms with Gasteiger partial charge >= 0.3 is 0 Å². The quantitative estimate of drug-likeness (QED) is 0.903. The molecule has 1 aromatic carbocycles. The fourth-order valence-electron chi connectivity index (χ4n) is 2.88. The Bertz CT molecular complexity index is 494. The molecule has 0 bridgehead atoms. The van der Waals surface area contributed by atoms with Gasteiger partial charge in [-0.25, -0.2) is 0 Å². The summed E-state index contributed by atoms with van der Waals surface area (Å²) in [6.07, 6.45) is 1.87. The van der Waals surface area contributed by atoms with Crippen molar-refractivity contribution in [3.8, 4) is 0 Å². The van der Waals surface area contributed by atoms with Crippen molar-refractivity contribution in [2.75, 3.05) is 26.7 Å². The van der Waals surface area contributed by atoms with E-state index in [-0.39, 0.29) is 18.0 Å².